The number of rotatable bonds is 6. The highest BCUT2D eigenvalue weighted by Crippen LogP contribution is 2.31. The lowest BCUT2D eigenvalue weighted by molar-refractivity contribution is 0.325. The standard InChI is InChI=1S/C14H28N2O2S/c1-11(2)19(17,18)10-9-16-13-6-3-5-12(13)14-7-4-8-15-14/h11-16H,3-10H2,1-2H3. The molecular weight excluding hydrogens is 260 g/mol. The first-order chi connectivity index (χ1) is 9.00. The Kier molecular flexibility index (Phi) is 5.26. The molecule has 0 amide bonds. The van der Waals surface area contributed by atoms with Gasteiger partial charge < -0.3 is 10.6 Å². The van der Waals surface area contributed by atoms with Crippen LogP contribution in [0.1, 0.15) is 46.0 Å². The van der Waals surface area contributed by atoms with E-state index < -0.39 is 9.84 Å². The van der Waals surface area contributed by atoms with Gasteiger partial charge in [0.2, 0.25) is 0 Å². The molecule has 0 spiro atoms. The highest BCUT2D eigenvalue weighted by Gasteiger charge is 2.34. The van der Waals surface area contributed by atoms with Gasteiger partial charge in [-0.3, -0.25) is 0 Å². The molecule has 0 aromatic carbocycles. The van der Waals surface area contributed by atoms with Gasteiger partial charge in [-0.25, -0.2) is 8.42 Å². The van der Waals surface area contributed by atoms with Crippen LogP contribution in [0.15, 0.2) is 0 Å². The van der Waals surface area contributed by atoms with Crippen LogP contribution in [0.2, 0.25) is 0 Å². The summed E-state index contributed by atoms with van der Waals surface area (Å²) in [6.07, 6.45) is 6.33. The van der Waals surface area contributed by atoms with Crippen molar-refractivity contribution in [2.75, 3.05) is 18.8 Å². The average Bonchev–Trinajstić information content (AvgIpc) is 2.97. The first-order valence-electron chi connectivity index (χ1n) is 7.69. The molecule has 2 N–H and O–H groups in total. The van der Waals surface area contributed by atoms with Crippen molar-refractivity contribution in [2.45, 2.75) is 63.3 Å². The lowest BCUT2D eigenvalue weighted by Gasteiger charge is -2.26. The molecule has 112 valence electrons. The van der Waals surface area contributed by atoms with Gasteiger partial charge in [0.1, 0.15) is 0 Å². The minimum atomic E-state index is -2.90. The van der Waals surface area contributed by atoms with Crippen LogP contribution in [-0.4, -0.2) is 44.6 Å². The van der Waals surface area contributed by atoms with Gasteiger partial charge in [-0.05, 0) is 52.0 Å². The Hall–Kier alpha value is -0.130. The fourth-order valence-corrected chi connectivity index (χ4v) is 4.30. The molecule has 1 saturated carbocycles. The topological polar surface area (TPSA) is 58.2 Å². The van der Waals surface area contributed by atoms with Crippen LogP contribution in [0.3, 0.4) is 0 Å². The predicted molar refractivity (Wildman–Crippen MR) is 79.1 cm³/mol. The summed E-state index contributed by atoms with van der Waals surface area (Å²) in [7, 11) is -2.90. The third-order valence-corrected chi connectivity index (χ3v) is 6.91. The van der Waals surface area contributed by atoms with Gasteiger partial charge in [-0.2, -0.15) is 0 Å². The minimum absolute atomic E-state index is 0.259. The first-order valence-corrected chi connectivity index (χ1v) is 9.40. The van der Waals surface area contributed by atoms with Crippen LogP contribution >= 0.6 is 0 Å². The van der Waals surface area contributed by atoms with E-state index in [0.29, 0.717) is 24.5 Å². The van der Waals surface area contributed by atoms with E-state index in [1.165, 1.54) is 32.1 Å². The molecule has 4 nitrogen and oxygen atoms in total. The van der Waals surface area contributed by atoms with E-state index in [1.807, 2.05) is 0 Å². The Morgan fingerprint density at radius 2 is 2.00 bits per heavy atom. The van der Waals surface area contributed by atoms with E-state index in [0.717, 1.165) is 6.54 Å². The molecule has 2 rings (SSSR count). The fraction of sp³-hybridized carbons (Fsp3) is 1.00. The molecule has 0 aromatic rings. The first kappa shape index (κ1) is 15.3. The second-order valence-electron chi connectivity index (χ2n) is 6.27. The van der Waals surface area contributed by atoms with E-state index in [1.54, 1.807) is 13.8 Å². The molecular formula is C14H28N2O2S. The smallest absolute Gasteiger partial charge is 0.153 e. The van der Waals surface area contributed by atoms with Gasteiger partial charge >= 0.3 is 0 Å². The maximum atomic E-state index is 11.8. The van der Waals surface area contributed by atoms with Crippen LogP contribution in [0, 0.1) is 5.92 Å². The quantitative estimate of drug-likeness (QED) is 0.774. The average molecular weight is 288 g/mol. The second kappa shape index (κ2) is 6.55. The van der Waals surface area contributed by atoms with Gasteiger partial charge in [0.05, 0.1) is 11.0 Å². The third kappa shape index (κ3) is 3.92. The molecule has 0 bridgehead atoms. The molecule has 1 aliphatic carbocycles. The summed E-state index contributed by atoms with van der Waals surface area (Å²) < 4.78 is 23.6. The van der Waals surface area contributed by atoms with Crippen molar-refractivity contribution in [3.63, 3.8) is 0 Å². The molecule has 19 heavy (non-hydrogen) atoms. The zero-order valence-corrected chi connectivity index (χ0v) is 13.0. The summed E-state index contributed by atoms with van der Waals surface area (Å²) in [6.45, 7) is 5.27. The van der Waals surface area contributed by atoms with Crippen LogP contribution in [0.5, 0.6) is 0 Å². The van der Waals surface area contributed by atoms with Gasteiger partial charge in [0.15, 0.2) is 9.84 Å². The Balaban J connectivity index is 1.78. The molecule has 5 heteroatoms. The largest absolute Gasteiger partial charge is 0.314 e. The van der Waals surface area contributed by atoms with E-state index in [-0.39, 0.29) is 11.0 Å². The van der Waals surface area contributed by atoms with Crippen molar-refractivity contribution >= 4 is 9.84 Å². The number of hydrogen-bond acceptors (Lipinski definition) is 4. The minimum Gasteiger partial charge on any atom is -0.314 e. The molecule has 1 heterocycles. The van der Waals surface area contributed by atoms with Gasteiger partial charge in [0, 0.05) is 18.6 Å². The lowest BCUT2D eigenvalue weighted by Crippen LogP contribution is -2.43. The fourth-order valence-electron chi connectivity index (χ4n) is 3.42. The molecule has 1 aliphatic heterocycles. The predicted octanol–water partition coefficient (Wildman–Crippen LogP) is 1.32. The highest BCUT2D eigenvalue weighted by molar-refractivity contribution is 7.92. The SMILES string of the molecule is CC(C)S(=O)(=O)CCNC1CCCC1C1CCCN1. The van der Waals surface area contributed by atoms with E-state index in [9.17, 15) is 8.42 Å². The molecule has 0 aromatic heterocycles. The lowest BCUT2D eigenvalue weighted by atomic mass is 9.93. The highest BCUT2D eigenvalue weighted by atomic mass is 32.2. The molecule has 2 aliphatic rings. The van der Waals surface area contributed by atoms with E-state index >= 15 is 0 Å². The Bertz CT molecular complexity index is 375. The van der Waals surface area contributed by atoms with Gasteiger partial charge in [0.25, 0.3) is 0 Å². The summed E-state index contributed by atoms with van der Waals surface area (Å²) in [4.78, 5) is 0. The summed E-state index contributed by atoms with van der Waals surface area (Å²) in [5, 5.41) is 6.84. The summed E-state index contributed by atoms with van der Waals surface area (Å²) in [5.41, 5.74) is 0. The Morgan fingerprint density at radius 1 is 1.21 bits per heavy atom. The van der Waals surface area contributed by atoms with Crippen molar-refractivity contribution in [1.82, 2.24) is 10.6 Å². The van der Waals surface area contributed by atoms with Crippen molar-refractivity contribution in [1.29, 1.82) is 0 Å². The van der Waals surface area contributed by atoms with Crippen LogP contribution in [0.25, 0.3) is 0 Å². The zero-order valence-electron chi connectivity index (χ0n) is 12.2. The monoisotopic (exact) mass is 288 g/mol. The molecule has 3 unspecified atom stereocenters. The van der Waals surface area contributed by atoms with Crippen LogP contribution in [0.4, 0.5) is 0 Å². The summed E-state index contributed by atoms with van der Waals surface area (Å²) in [6, 6.07) is 1.17. The molecule has 3 atom stereocenters. The molecule has 1 saturated heterocycles. The number of nitrogens with one attached hydrogen (secondary N) is 2. The van der Waals surface area contributed by atoms with E-state index in [2.05, 4.69) is 10.6 Å². The summed E-state index contributed by atoms with van der Waals surface area (Å²) >= 11 is 0. The van der Waals surface area contributed by atoms with Crippen molar-refractivity contribution in [2.24, 2.45) is 5.92 Å². The van der Waals surface area contributed by atoms with Crippen molar-refractivity contribution in [3.05, 3.63) is 0 Å². The zero-order chi connectivity index (χ0) is 13.9. The maximum Gasteiger partial charge on any atom is 0.153 e. The molecule has 2 fully saturated rings. The van der Waals surface area contributed by atoms with Crippen molar-refractivity contribution in [3.8, 4) is 0 Å². The van der Waals surface area contributed by atoms with Crippen LogP contribution in [-0.2, 0) is 9.84 Å². The third-order valence-electron chi connectivity index (χ3n) is 4.70. The Labute approximate surface area is 117 Å². The number of hydrogen-bond donors (Lipinski definition) is 2. The summed E-state index contributed by atoms with van der Waals surface area (Å²) in [5.74, 6) is 0.968. The van der Waals surface area contributed by atoms with Crippen molar-refractivity contribution < 1.29 is 8.42 Å². The maximum absolute atomic E-state index is 11.8. The Morgan fingerprint density at radius 3 is 2.63 bits per heavy atom. The number of sulfone groups is 1. The van der Waals surface area contributed by atoms with Crippen LogP contribution < -0.4 is 10.6 Å². The molecule has 0 radical (unpaired) electrons. The van der Waals surface area contributed by atoms with Gasteiger partial charge in [-0.1, -0.05) is 6.42 Å². The van der Waals surface area contributed by atoms with Gasteiger partial charge in [-0.15, -0.1) is 0 Å². The second-order valence-corrected chi connectivity index (χ2v) is 8.95. The normalized spacial score (nSPS) is 32.3. The van der Waals surface area contributed by atoms with E-state index in [4.69, 9.17) is 0 Å².